The van der Waals surface area contributed by atoms with Crippen molar-refractivity contribution in [3.8, 4) is 0 Å². The number of nitrogens with one attached hydrogen (secondary N) is 2. The van der Waals surface area contributed by atoms with E-state index < -0.39 is 0 Å². The van der Waals surface area contributed by atoms with E-state index >= 15 is 0 Å². The maximum atomic E-state index is 4.41. The van der Waals surface area contributed by atoms with Crippen molar-refractivity contribution in [3.05, 3.63) is 30.0 Å². The second-order valence-corrected chi connectivity index (χ2v) is 7.82. The third kappa shape index (κ3) is 3.07. The summed E-state index contributed by atoms with van der Waals surface area (Å²) in [5.41, 5.74) is 1.22. The molecule has 1 aromatic carbocycles. The lowest BCUT2D eigenvalue weighted by atomic mass is 9.79. The van der Waals surface area contributed by atoms with E-state index in [9.17, 15) is 0 Å². The molecular weight excluding hydrogens is 272 g/mol. The number of aromatic nitrogens is 2. The number of benzene rings is 1. The quantitative estimate of drug-likeness (QED) is 0.888. The molecule has 0 unspecified atom stereocenters. The molecule has 22 heavy (non-hydrogen) atoms. The van der Waals surface area contributed by atoms with E-state index in [4.69, 9.17) is 0 Å². The van der Waals surface area contributed by atoms with Crippen molar-refractivity contribution in [2.45, 2.75) is 64.6 Å². The number of rotatable bonds is 2. The second kappa shape index (κ2) is 5.20. The smallest absolute Gasteiger partial charge is 0.156 e. The van der Waals surface area contributed by atoms with Gasteiger partial charge in [-0.15, -0.1) is 5.10 Å². The Morgan fingerprint density at radius 3 is 2.23 bits per heavy atom. The van der Waals surface area contributed by atoms with Gasteiger partial charge in [0.05, 0.1) is 5.69 Å². The van der Waals surface area contributed by atoms with Crippen molar-refractivity contribution in [1.82, 2.24) is 15.5 Å². The van der Waals surface area contributed by atoms with Crippen LogP contribution in [0.25, 0.3) is 10.8 Å². The minimum atomic E-state index is 0.118. The maximum Gasteiger partial charge on any atom is 0.156 e. The van der Waals surface area contributed by atoms with Crippen LogP contribution in [-0.2, 0) is 0 Å². The molecule has 2 heterocycles. The van der Waals surface area contributed by atoms with Gasteiger partial charge in [-0.3, -0.25) is 0 Å². The maximum absolute atomic E-state index is 4.41. The molecule has 0 saturated carbocycles. The second-order valence-electron chi connectivity index (χ2n) is 7.82. The van der Waals surface area contributed by atoms with E-state index in [0.29, 0.717) is 6.04 Å². The highest BCUT2D eigenvalue weighted by molar-refractivity contribution is 5.92. The highest BCUT2D eigenvalue weighted by Crippen LogP contribution is 2.31. The van der Waals surface area contributed by atoms with Crippen LogP contribution >= 0.6 is 0 Å². The molecule has 0 atom stereocenters. The van der Waals surface area contributed by atoms with E-state index in [-0.39, 0.29) is 11.1 Å². The molecule has 2 aromatic rings. The predicted molar refractivity (Wildman–Crippen MR) is 92.2 cm³/mol. The number of hydrogen-bond acceptors (Lipinski definition) is 4. The van der Waals surface area contributed by atoms with E-state index in [1.807, 2.05) is 6.92 Å². The topological polar surface area (TPSA) is 49.8 Å². The summed E-state index contributed by atoms with van der Waals surface area (Å²) in [6, 6.07) is 8.74. The van der Waals surface area contributed by atoms with Gasteiger partial charge in [-0.2, -0.15) is 5.10 Å². The number of aryl methyl sites for hydroxylation is 1. The Hall–Kier alpha value is -1.68. The van der Waals surface area contributed by atoms with Gasteiger partial charge in [0.15, 0.2) is 5.82 Å². The standard InChI is InChI=1S/C18H26N4/c1-12-14-8-6-7-9-15(14)16(21-20-12)19-13-10-17(2,3)22-18(4,5)11-13/h6-9,13,22H,10-11H2,1-5H3,(H,19,21). The van der Waals surface area contributed by atoms with Crippen LogP contribution in [0, 0.1) is 6.92 Å². The molecule has 2 N–H and O–H groups in total. The number of piperidine rings is 1. The third-order valence-corrected chi connectivity index (χ3v) is 4.40. The van der Waals surface area contributed by atoms with Crippen LogP contribution in [0.5, 0.6) is 0 Å². The summed E-state index contributed by atoms with van der Waals surface area (Å²) in [7, 11) is 0. The Kier molecular flexibility index (Phi) is 3.60. The van der Waals surface area contributed by atoms with Crippen molar-refractivity contribution in [3.63, 3.8) is 0 Å². The highest BCUT2D eigenvalue weighted by atomic mass is 15.2. The van der Waals surface area contributed by atoms with Crippen LogP contribution in [-0.4, -0.2) is 27.3 Å². The van der Waals surface area contributed by atoms with Gasteiger partial charge in [-0.1, -0.05) is 24.3 Å². The molecule has 1 aromatic heterocycles. The van der Waals surface area contributed by atoms with Gasteiger partial charge < -0.3 is 10.6 Å². The Bertz CT molecular complexity index is 675. The van der Waals surface area contributed by atoms with Crippen molar-refractivity contribution >= 4 is 16.6 Å². The molecule has 0 aliphatic carbocycles. The molecule has 4 heteroatoms. The molecule has 1 aliphatic heterocycles. The zero-order valence-electron chi connectivity index (χ0n) is 14.2. The van der Waals surface area contributed by atoms with Gasteiger partial charge in [0.2, 0.25) is 0 Å². The molecule has 1 saturated heterocycles. The first-order chi connectivity index (χ1) is 10.3. The lowest BCUT2D eigenvalue weighted by Crippen LogP contribution is -2.60. The number of anilines is 1. The van der Waals surface area contributed by atoms with Crippen LogP contribution in [0.3, 0.4) is 0 Å². The van der Waals surface area contributed by atoms with Gasteiger partial charge in [0.25, 0.3) is 0 Å². The molecule has 4 nitrogen and oxygen atoms in total. The molecule has 1 fully saturated rings. The number of fused-ring (bicyclic) bond motifs is 1. The molecule has 0 bridgehead atoms. The fraction of sp³-hybridized carbons (Fsp3) is 0.556. The van der Waals surface area contributed by atoms with Crippen molar-refractivity contribution < 1.29 is 0 Å². The Labute approximate surface area is 132 Å². The lowest BCUT2D eigenvalue weighted by Gasteiger charge is -2.46. The molecule has 118 valence electrons. The molecule has 0 spiro atoms. The Morgan fingerprint density at radius 2 is 1.59 bits per heavy atom. The summed E-state index contributed by atoms with van der Waals surface area (Å²) in [5, 5.41) is 18.4. The average molecular weight is 298 g/mol. The third-order valence-electron chi connectivity index (χ3n) is 4.40. The van der Waals surface area contributed by atoms with Crippen molar-refractivity contribution in [1.29, 1.82) is 0 Å². The largest absolute Gasteiger partial charge is 0.365 e. The summed E-state index contributed by atoms with van der Waals surface area (Å²) in [4.78, 5) is 0. The normalized spacial score (nSPS) is 21.0. The predicted octanol–water partition coefficient (Wildman–Crippen LogP) is 3.66. The van der Waals surface area contributed by atoms with Crippen molar-refractivity contribution in [2.24, 2.45) is 0 Å². The average Bonchev–Trinajstić information content (AvgIpc) is 2.39. The van der Waals surface area contributed by atoms with E-state index in [2.05, 4.69) is 72.8 Å². The summed E-state index contributed by atoms with van der Waals surface area (Å²) in [6.45, 7) is 11.1. The fourth-order valence-electron chi connectivity index (χ4n) is 3.96. The van der Waals surface area contributed by atoms with Gasteiger partial charge in [-0.05, 0) is 47.5 Å². The molecule has 0 radical (unpaired) electrons. The van der Waals surface area contributed by atoms with Gasteiger partial charge in [0, 0.05) is 27.9 Å². The molecule has 1 aliphatic rings. The van der Waals surface area contributed by atoms with Crippen LogP contribution in [0.4, 0.5) is 5.82 Å². The summed E-state index contributed by atoms with van der Waals surface area (Å²) in [5.74, 6) is 0.903. The SMILES string of the molecule is Cc1nnc(NC2CC(C)(C)NC(C)(C)C2)c2ccccc12. The molecule has 3 rings (SSSR count). The Balaban J connectivity index is 1.92. The first-order valence-corrected chi connectivity index (χ1v) is 8.04. The Morgan fingerprint density at radius 1 is 1.00 bits per heavy atom. The van der Waals surface area contributed by atoms with Crippen LogP contribution in [0.2, 0.25) is 0 Å². The van der Waals surface area contributed by atoms with Crippen LogP contribution < -0.4 is 10.6 Å². The summed E-state index contributed by atoms with van der Waals surface area (Å²) in [6.07, 6.45) is 2.14. The minimum absolute atomic E-state index is 0.118. The highest BCUT2D eigenvalue weighted by Gasteiger charge is 2.37. The van der Waals surface area contributed by atoms with Crippen LogP contribution in [0.1, 0.15) is 46.2 Å². The fourth-order valence-corrected chi connectivity index (χ4v) is 3.96. The van der Waals surface area contributed by atoms with E-state index in [0.717, 1.165) is 29.7 Å². The molecule has 0 amide bonds. The zero-order chi connectivity index (χ0) is 16.0. The lowest BCUT2D eigenvalue weighted by molar-refractivity contribution is 0.170. The first-order valence-electron chi connectivity index (χ1n) is 8.04. The monoisotopic (exact) mass is 298 g/mol. The number of hydrogen-bond donors (Lipinski definition) is 2. The summed E-state index contributed by atoms with van der Waals surface area (Å²) >= 11 is 0. The zero-order valence-corrected chi connectivity index (χ0v) is 14.2. The van der Waals surface area contributed by atoms with Gasteiger partial charge >= 0.3 is 0 Å². The van der Waals surface area contributed by atoms with E-state index in [1.165, 1.54) is 5.39 Å². The first kappa shape index (κ1) is 15.2. The number of nitrogens with zero attached hydrogens (tertiary/aromatic N) is 2. The van der Waals surface area contributed by atoms with Crippen molar-refractivity contribution in [2.75, 3.05) is 5.32 Å². The van der Waals surface area contributed by atoms with Gasteiger partial charge in [0.1, 0.15) is 0 Å². The van der Waals surface area contributed by atoms with Crippen LogP contribution in [0.15, 0.2) is 24.3 Å². The van der Waals surface area contributed by atoms with Gasteiger partial charge in [-0.25, -0.2) is 0 Å². The summed E-state index contributed by atoms with van der Waals surface area (Å²) < 4.78 is 0. The molecular formula is C18H26N4. The van der Waals surface area contributed by atoms with E-state index in [1.54, 1.807) is 0 Å². The minimum Gasteiger partial charge on any atom is -0.365 e.